The van der Waals surface area contributed by atoms with Gasteiger partial charge in [0.25, 0.3) is 0 Å². The number of aryl methyl sites for hydroxylation is 3. The Morgan fingerprint density at radius 1 is 0.775 bits per heavy atom. The molecular formula is C60H66O11. The number of hydrogen-bond acceptors (Lipinski definition) is 11. The third kappa shape index (κ3) is 12.2. The summed E-state index contributed by atoms with van der Waals surface area (Å²) in [5.41, 5.74) is 6.16. The molecule has 5 aromatic carbocycles. The van der Waals surface area contributed by atoms with E-state index in [4.69, 9.17) is 23.4 Å². The van der Waals surface area contributed by atoms with Gasteiger partial charge in [0.1, 0.15) is 16.9 Å². The molecule has 0 spiro atoms. The number of benzene rings is 5. The maximum atomic E-state index is 15.0. The molecule has 0 saturated carbocycles. The summed E-state index contributed by atoms with van der Waals surface area (Å²) in [6.45, 7) is 2.48. The van der Waals surface area contributed by atoms with Gasteiger partial charge in [-0.05, 0) is 141 Å². The van der Waals surface area contributed by atoms with E-state index >= 15 is 0 Å². The maximum Gasteiger partial charge on any atom is 0.340 e. The molecule has 3 aliphatic heterocycles. The van der Waals surface area contributed by atoms with E-state index in [2.05, 4.69) is 72.8 Å². The fraction of sp³-hybridized carbons (Fsp3) is 0.383. The minimum Gasteiger partial charge on any atom is -0.483 e. The molecule has 9 rings (SSSR count). The summed E-state index contributed by atoms with van der Waals surface area (Å²) >= 11 is 0. The van der Waals surface area contributed by atoms with Gasteiger partial charge in [0.05, 0.1) is 25.4 Å². The largest absolute Gasteiger partial charge is 0.483 e. The Bertz CT molecular complexity index is 2850. The highest BCUT2D eigenvalue weighted by molar-refractivity contribution is 5.90. The smallest absolute Gasteiger partial charge is 0.340 e. The molecule has 2 bridgehead atoms. The number of aliphatic hydroxyl groups is 3. The molecule has 11 nitrogen and oxygen atoms in total. The molecule has 3 N–H and O–H groups in total. The van der Waals surface area contributed by atoms with Gasteiger partial charge in [-0.3, -0.25) is 4.79 Å². The van der Waals surface area contributed by atoms with E-state index in [1.165, 1.54) is 23.8 Å². The normalized spacial score (nSPS) is 20.6. The zero-order valence-corrected chi connectivity index (χ0v) is 41.1. The van der Waals surface area contributed by atoms with Crippen LogP contribution in [0.4, 0.5) is 0 Å². The van der Waals surface area contributed by atoms with Crippen molar-refractivity contribution in [2.75, 3.05) is 26.9 Å². The van der Waals surface area contributed by atoms with Crippen LogP contribution in [0.15, 0.2) is 142 Å². The first kappa shape index (κ1) is 51.0. The Hall–Kier alpha value is -6.37. The van der Waals surface area contributed by atoms with Crippen molar-refractivity contribution in [3.63, 3.8) is 0 Å². The molecule has 0 aliphatic carbocycles. The predicted molar refractivity (Wildman–Crippen MR) is 272 cm³/mol. The van der Waals surface area contributed by atoms with Crippen LogP contribution in [0.25, 0.3) is 11.0 Å². The molecule has 71 heavy (non-hydrogen) atoms. The molecule has 6 aromatic rings. The quantitative estimate of drug-likeness (QED) is 0.0481. The van der Waals surface area contributed by atoms with Crippen molar-refractivity contribution in [3.8, 4) is 5.75 Å². The van der Waals surface area contributed by atoms with Gasteiger partial charge in [0.2, 0.25) is 0 Å². The second-order valence-corrected chi connectivity index (χ2v) is 19.5. The molecule has 372 valence electrons. The van der Waals surface area contributed by atoms with E-state index in [0.717, 1.165) is 29.5 Å². The number of rotatable bonds is 16. The third-order valence-corrected chi connectivity index (χ3v) is 14.4. The molecule has 1 aromatic heterocycles. The summed E-state index contributed by atoms with van der Waals surface area (Å²) in [4.78, 5) is 44.1. The number of fused-ring (bicyclic) bond motifs is 13. The lowest BCUT2D eigenvalue weighted by Gasteiger charge is -2.45. The predicted octanol–water partition coefficient (Wildman–Crippen LogP) is 9.80. The first-order valence-corrected chi connectivity index (χ1v) is 25.0. The minimum absolute atomic E-state index is 0.0221. The van der Waals surface area contributed by atoms with Crippen molar-refractivity contribution in [1.29, 1.82) is 0 Å². The summed E-state index contributed by atoms with van der Waals surface area (Å²) < 4.78 is 32.1. The van der Waals surface area contributed by atoms with Crippen LogP contribution in [-0.4, -0.2) is 65.9 Å². The minimum atomic E-state index is -1.34. The maximum absolute atomic E-state index is 15.0. The van der Waals surface area contributed by atoms with E-state index in [1.54, 1.807) is 19.1 Å². The number of carbonyl (C=O) groups excluding carboxylic acids is 2. The molecule has 3 aliphatic rings. The Morgan fingerprint density at radius 2 is 1.48 bits per heavy atom. The van der Waals surface area contributed by atoms with Crippen LogP contribution in [-0.2, 0) is 62.5 Å². The van der Waals surface area contributed by atoms with E-state index in [0.29, 0.717) is 55.1 Å². The van der Waals surface area contributed by atoms with Gasteiger partial charge in [-0.25, -0.2) is 9.59 Å². The van der Waals surface area contributed by atoms with Gasteiger partial charge in [-0.15, -0.1) is 0 Å². The molecule has 5 atom stereocenters. The standard InChI is InChI=1S/C60H66O11/c1-39(36-62)48-26-25-41-19-21-44(22-20-41)34-46(24-23-43-16-10-17-45(33-43)32-42-14-8-5-9-15-42)35-52(64)68-56-54-51(71-60(2,57(56)70-58(48)65)30-11-18-40-12-6-4-7-13-40)28-27-49-50(37-63)53(59(66)69-55(49)54)47(29-31-61)38-67-3/h4-10,12-17,19-22,27-28,33,46-47,56-57,61-63H,11,18,23-26,29-32,34-38H2,1-3H3/b48-39-/t46-,47-,56-,57+,60+/m1/s1. The van der Waals surface area contributed by atoms with Crippen LogP contribution in [0.1, 0.15) is 114 Å². The lowest BCUT2D eigenvalue weighted by molar-refractivity contribution is -0.192. The Morgan fingerprint density at radius 3 is 2.18 bits per heavy atom. The van der Waals surface area contributed by atoms with E-state index in [1.807, 2.05) is 43.3 Å². The number of carbonyl (C=O) groups is 2. The number of esters is 2. The van der Waals surface area contributed by atoms with Crippen LogP contribution < -0.4 is 10.4 Å². The topological polar surface area (TPSA) is 162 Å². The van der Waals surface area contributed by atoms with E-state index < -0.39 is 47.9 Å². The highest BCUT2D eigenvalue weighted by Gasteiger charge is 2.53. The number of ether oxygens (including phenoxy) is 4. The summed E-state index contributed by atoms with van der Waals surface area (Å²) in [5, 5.41) is 31.8. The van der Waals surface area contributed by atoms with Crippen molar-refractivity contribution < 1.29 is 48.3 Å². The third-order valence-electron chi connectivity index (χ3n) is 14.4. The van der Waals surface area contributed by atoms with Gasteiger partial charge in [-0.2, -0.15) is 0 Å². The van der Waals surface area contributed by atoms with Crippen molar-refractivity contribution in [1.82, 2.24) is 0 Å². The Labute approximate surface area is 416 Å². The second kappa shape index (κ2) is 23.7. The Kier molecular flexibility index (Phi) is 17.0. The molecular weight excluding hydrogens is 897 g/mol. The first-order chi connectivity index (χ1) is 34.5. The number of aliphatic hydroxyl groups excluding tert-OH is 3. The molecule has 0 unspecified atom stereocenters. The second-order valence-electron chi connectivity index (χ2n) is 19.5. The molecule has 0 radical (unpaired) electrons. The van der Waals surface area contributed by atoms with E-state index in [9.17, 15) is 29.7 Å². The van der Waals surface area contributed by atoms with Gasteiger partial charge in [-0.1, -0.05) is 109 Å². The first-order valence-electron chi connectivity index (χ1n) is 25.0. The van der Waals surface area contributed by atoms with Crippen LogP contribution in [0, 0.1) is 5.92 Å². The van der Waals surface area contributed by atoms with Gasteiger partial charge < -0.3 is 38.7 Å². The monoisotopic (exact) mass is 962 g/mol. The Balaban J connectivity index is 1.23. The van der Waals surface area contributed by atoms with Crippen molar-refractivity contribution in [3.05, 3.63) is 193 Å². The number of methoxy groups -OCH3 is 1. The molecule has 11 heteroatoms. The summed E-state index contributed by atoms with van der Waals surface area (Å²) in [6, 6.07) is 40.7. The molecule has 0 saturated heterocycles. The van der Waals surface area contributed by atoms with Crippen LogP contribution in [0.2, 0.25) is 0 Å². The van der Waals surface area contributed by atoms with Gasteiger partial charge >= 0.3 is 17.6 Å². The molecule has 4 heterocycles. The molecule has 0 amide bonds. The molecule has 0 fully saturated rings. The lowest BCUT2D eigenvalue weighted by atomic mass is 9.81. The van der Waals surface area contributed by atoms with Gasteiger partial charge in [0.15, 0.2) is 12.2 Å². The fourth-order valence-electron chi connectivity index (χ4n) is 10.5. The zero-order chi connectivity index (χ0) is 49.9. The van der Waals surface area contributed by atoms with Crippen LogP contribution in [0.5, 0.6) is 5.75 Å². The van der Waals surface area contributed by atoms with Crippen molar-refractivity contribution in [2.45, 2.75) is 115 Å². The lowest BCUT2D eigenvalue weighted by Crippen LogP contribution is -2.54. The van der Waals surface area contributed by atoms with Crippen LogP contribution >= 0.6 is 0 Å². The SMILES string of the molecule is COC[C@@H](CCO)c1c(CO)c2ccc3c(c2oc1=O)[C@H]1OC(=O)C[C@H](CCc2cccc(Cc4ccccc4)c2)Cc2ccc(cc2)CC/C(=C(\C)CO)C(=O)O[C@@H]1[C@](C)(CCCc1ccccc1)O3. The average Bonchev–Trinajstić information content (AvgIpc) is 3.37. The van der Waals surface area contributed by atoms with Crippen LogP contribution in [0.3, 0.4) is 0 Å². The zero-order valence-electron chi connectivity index (χ0n) is 41.1. The number of hydrogen-bond donors (Lipinski definition) is 3. The average molecular weight is 963 g/mol. The highest BCUT2D eigenvalue weighted by atomic mass is 16.6. The summed E-state index contributed by atoms with van der Waals surface area (Å²) in [7, 11) is 1.50. The fourth-order valence-corrected chi connectivity index (χ4v) is 10.5. The van der Waals surface area contributed by atoms with Crippen molar-refractivity contribution in [2.24, 2.45) is 5.92 Å². The summed E-state index contributed by atoms with van der Waals surface area (Å²) in [6.07, 6.45) is 2.84. The summed E-state index contributed by atoms with van der Waals surface area (Å²) in [5.74, 6) is -1.70. The van der Waals surface area contributed by atoms with Crippen molar-refractivity contribution >= 4 is 22.9 Å². The highest BCUT2D eigenvalue weighted by Crippen LogP contribution is 2.49. The van der Waals surface area contributed by atoms with Gasteiger partial charge in [0, 0.05) is 42.6 Å². The van der Waals surface area contributed by atoms with E-state index in [-0.39, 0.29) is 73.0 Å².